The fourth-order valence-electron chi connectivity index (χ4n) is 1.90. The second-order valence-electron chi connectivity index (χ2n) is 3.71. The van der Waals surface area contributed by atoms with Gasteiger partial charge in [-0.2, -0.15) is 0 Å². The summed E-state index contributed by atoms with van der Waals surface area (Å²) in [7, 11) is 0. The van der Waals surface area contributed by atoms with E-state index < -0.39 is 0 Å². The first-order valence-corrected chi connectivity index (χ1v) is 5.17. The zero-order chi connectivity index (χ0) is 10.1. The Balaban J connectivity index is 2.01. The molecule has 0 radical (unpaired) electrons. The van der Waals surface area contributed by atoms with Crippen molar-refractivity contribution in [2.45, 2.75) is 0 Å². The third-order valence-electron chi connectivity index (χ3n) is 2.69. The van der Waals surface area contributed by atoms with Gasteiger partial charge in [-0.15, -0.1) is 0 Å². The molecule has 2 heterocycles. The molecule has 1 aromatic carbocycles. The summed E-state index contributed by atoms with van der Waals surface area (Å²) in [6.45, 7) is 1.76. The molecule has 2 aliphatic rings. The van der Waals surface area contributed by atoms with E-state index in [2.05, 4.69) is 40.2 Å². The van der Waals surface area contributed by atoms with Crippen molar-refractivity contribution in [2.24, 2.45) is 0 Å². The largest absolute Gasteiger partial charge is 0.379 e. The molecular weight excluding hydrogens is 186 g/mol. The normalized spacial score (nSPS) is 17.9. The smallest absolute Gasteiger partial charge is 0.108 e. The van der Waals surface area contributed by atoms with Crippen molar-refractivity contribution in [3.05, 3.63) is 47.8 Å². The van der Waals surface area contributed by atoms with Crippen LogP contribution >= 0.6 is 0 Å². The van der Waals surface area contributed by atoms with Crippen molar-refractivity contribution < 1.29 is 0 Å². The maximum atomic E-state index is 3.42. The first-order chi connectivity index (χ1) is 7.43. The van der Waals surface area contributed by atoms with E-state index in [0.29, 0.717) is 0 Å². The summed E-state index contributed by atoms with van der Waals surface area (Å²) >= 11 is 0. The van der Waals surface area contributed by atoms with Gasteiger partial charge in [0.2, 0.25) is 0 Å². The fraction of sp³-hybridized carbons (Fsp3) is 0.167. The Morgan fingerprint density at radius 1 is 1.00 bits per heavy atom. The summed E-state index contributed by atoms with van der Waals surface area (Å²) in [5, 5.41) is 10.2. The molecule has 3 heteroatoms. The van der Waals surface area contributed by atoms with E-state index in [-0.39, 0.29) is 0 Å². The quantitative estimate of drug-likeness (QED) is 0.597. The third kappa shape index (κ3) is 1.46. The van der Waals surface area contributed by atoms with Crippen LogP contribution in [0.4, 0.5) is 11.4 Å². The van der Waals surface area contributed by atoms with Crippen LogP contribution < -0.4 is 16.0 Å². The van der Waals surface area contributed by atoms with Gasteiger partial charge in [-0.25, -0.2) is 0 Å². The van der Waals surface area contributed by atoms with Gasteiger partial charge < -0.3 is 16.0 Å². The molecule has 3 N–H and O–H groups in total. The number of para-hydroxylation sites is 2. The summed E-state index contributed by atoms with van der Waals surface area (Å²) < 4.78 is 0. The Kier molecular flexibility index (Phi) is 1.88. The highest BCUT2D eigenvalue weighted by molar-refractivity contribution is 5.73. The van der Waals surface area contributed by atoms with Crippen molar-refractivity contribution in [1.82, 2.24) is 5.32 Å². The van der Waals surface area contributed by atoms with Crippen LogP contribution in [-0.2, 0) is 0 Å². The lowest BCUT2D eigenvalue weighted by Crippen LogP contribution is -2.24. The summed E-state index contributed by atoms with van der Waals surface area (Å²) in [6.07, 6.45) is 4.30. The maximum Gasteiger partial charge on any atom is 0.108 e. The zero-order valence-corrected chi connectivity index (χ0v) is 8.38. The number of anilines is 2. The predicted octanol–water partition coefficient (Wildman–Crippen LogP) is 1.89. The van der Waals surface area contributed by atoms with Gasteiger partial charge in [-0.3, -0.25) is 0 Å². The van der Waals surface area contributed by atoms with Gasteiger partial charge in [-0.05, 0) is 12.1 Å². The molecule has 0 aliphatic carbocycles. The summed E-state index contributed by atoms with van der Waals surface area (Å²) in [6, 6.07) is 8.25. The minimum atomic E-state index is 0.864. The average molecular weight is 199 g/mol. The highest BCUT2D eigenvalue weighted by atomic mass is 15.1. The number of nitrogens with one attached hydrogen (secondary N) is 3. The molecule has 0 unspecified atom stereocenters. The van der Waals surface area contributed by atoms with Gasteiger partial charge in [0, 0.05) is 18.7 Å². The summed E-state index contributed by atoms with van der Waals surface area (Å²) in [5.41, 5.74) is 3.56. The Labute approximate surface area is 88.9 Å². The van der Waals surface area contributed by atoms with Crippen LogP contribution in [0.15, 0.2) is 47.8 Å². The fourth-order valence-corrected chi connectivity index (χ4v) is 1.90. The van der Waals surface area contributed by atoms with Crippen LogP contribution in [0.3, 0.4) is 0 Å². The van der Waals surface area contributed by atoms with E-state index in [4.69, 9.17) is 0 Å². The highest BCUT2D eigenvalue weighted by Gasteiger charge is 2.13. The molecule has 0 aromatic heterocycles. The first-order valence-electron chi connectivity index (χ1n) is 5.17. The van der Waals surface area contributed by atoms with Crippen molar-refractivity contribution in [2.75, 3.05) is 23.7 Å². The topological polar surface area (TPSA) is 36.1 Å². The van der Waals surface area contributed by atoms with Gasteiger partial charge >= 0.3 is 0 Å². The van der Waals surface area contributed by atoms with Crippen molar-refractivity contribution in [3.63, 3.8) is 0 Å². The monoisotopic (exact) mass is 199 g/mol. The van der Waals surface area contributed by atoms with Gasteiger partial charge in [-0.1, -0.05) is 24.3 Å². The van der Waals surface area contributed by atoms with E-state index in [1.807, 2.05) is 12.1 Å². The molecular formula is C12H13N3. The molecule has 1 aromatic rings. The molecule has 15 heavy (non-hydrogen) atoms. The minimum Gasteiger partial charge on any atom is -0.379 e. The minimum absolute atomic E-state index is 0.864. The maximum absolute atomic E-state index is 3.42. The number of rotatable bonds is 0. The molecule has 3 rings (SSSR count). The van der Waals surface area contributed by atoms with Crippen LogP contribution in [0.5, 0.6) is 0 Å². The molecule has 76 valence electrons. The number of hydrogen-bond donors (Lipinski definition) is 3. The van der Waals surface area contributed by atoms with E-state index in [9.17, 15) is 0 Å². The van der Waals surface area contributed by atoms with Crippen LogP contribution in [0.1, 0.15) is 0 Å². The van der Waals surface area contributed by atoms with Crippen molar-refractivity contribution in [3.8, 4) is 0 Å². The summed E-state index contributed by atoms with van der Waals surface area (Å²) in [4.78, 5) is 0. The number of dihydropyridines is 1. The number of fused-ring (bicyclic) bond motifs is 1. The molecule has 0 saturated carbocycles. The van der Waals surface area contributed by atoms with E-state index >= 15 is 0 Å². The van der Waals surface area contributed by atoms with E-state index in [0.717, 1.165) is 30.3 Å². The predicted molar refractivity (Wildman–Crippen MR) is 62.7 cm³/mol. The van der Waals surface area contributed by atoms with Gasteiger partial charge in [0.15, 0.2) is 0 Å². The van der Waals surface area contributed by atoms with Crippen molar-refractivity contribution in [1.29, 1.82) is 0 Å². The molecule has 0 amide bonds. The lowest BCUT2D eigenvalue weighted by atomic mass is 10.2. The SMILES string of the molecule is C1=CC2=C(NC1)Nc1ccccc1NC2. The van der Waals surface area contributed by atoms with Crippen LogP contribution in [0, 0.1) is 0 Å². The van der Waals surface area contributed by atoms with E-state index in [1.165, 1.54) is 5.57 Å². The standard InChI is InChI=1S/C12H13N3/c1-2-6-11-10(5-1)14-8-9-4-3-7-13-12(9)15-11/h1-6,13-15H,7-8H2. The van der Waals surface area contributed by atoms with Gasteiger partial charge in [0.25, 0.3) is 0 Å². The average Bonchev–Trinajstić information content (AvgIpc) is 2.48. The molecule has 0 bridgehead atoms. The number of benzene rings is 1. The van der Waals surface area contributed by atoms with Crippen LogP contribution in [-0.4, -0.2) is 13.1 Å². The molecule has 0 saturated heterocycles. The molecule has 2 aliphatic heterocycles. The second kappa shape index (κ2) is 3.35. The second-order valence-corrected chi connectivity index (χ2v) is 3.71. The Bertz CT molecular complexity index is 446. The van der Waals surface area contributed by atoms with Crippen LogP contribution in [0.25, 0.3) is 0 Å². The number of hydrogen-bond acceptors (Lipinski definition) is 3. The molecule has 0 fully saturated rings. The molecule has 3 nitrogen and oxygen atoms in total. The molecule has 0 spiro atoms. The van der Waals surface area contributed by atoms with E-state index in [1.54, 1.807) is 0 Å². The lowest BCUT2D eigenvalue weighted by molar-refractivity contribution is 0.876. The Morgan fingerprint density at radius 3 is 2.80 bits per heavy atom. The van der Waals surface area contributed by atoms with Crippen molar-refractivity contribution >= 4 is 11.4 Å². The first kappa shape index (κ1) is 8.41. The molecule has 0 atom stereocenters. The van der Waals surface area contributed by atoms with Crippen LogP contribution in [0.2, 0.25) is 0 Å². The Hall–Kier alpha value is -1.90. The third-order valence-corrected chi connectivity index (χ3v) is 2.69. The van der Waals surface area contributed by atoms with Gasteiger partial charge in [0.1, 0.15) is 5.82 Å². The van der Waals surface area contributed by atoms with Gasteiger partial charge in [0.05, 0.1) is 11.4 Å². The summed E-state index contributed by atoms with van der Waals surface area (Å²) in [5.74, 6) is 1.12. The zero-order valence-electron chi connectivity index (χ0n) is 8.38. The Morgan fingerprint density at radius 2 is 1.87 bits per heavy atom. The highest BCUT2D eigenvalue weighted by Crippen LogP contribution is 2.26. The lowest BCUT2D eigenvalue weighted by Gasteiger charge is -2.16.